The molecule has 0 aromatic heterocycles. The molecule has 0 aromatic rings. The van der Waals surface area contributed by atoms with Gasteiger partial charge in [0.2, 0.25) is 0 Å². The molecule has 1 fully saturated rings. The Kier molecular flexibility index (Phi) is 8.15. The molecule has 0 amide bonds. The first-order valence-corrected chi connectivity index (χ1v) is 9.96. The van der Waals surface area contributed by atoms with Gasteiger partial charge in [-0.1, -0.05) is 26.5 Å². The summed E-state index contributed by atoms with van der Waals surface area (Å²) < 4.78 is 21.4. The van der Waals surface area contributed by atoms with E-state index in [9.17, 15) is 24.3 Å². The third kappa shape index (κ3) is 5.61. The molecule has 1 heterocycles. The Bertz CT molecular complexity index is 821. The zero-order valence-corrected chi connectivity index (χ0v) is 18.1. The van der Waals surface area contributed by atoms with Crippen LogP contribution < -0.4 is 0 Å². The van der Waals surface area contributed by atoms with Crippen molar-refractivity contribution in [3.63, 3.8) is 0 Å². The molecule has 31 heavy (non-hydrogen) atoms. The number of methoxy groups -OCH3 is 1. The van der Waals surface area contributed by atoms with Crippen LogP contribution in [0, 0.1) is 11.8 Å². The van der Waals surface area contributed by atoms with Gasteiger partial charge in [-0.25, -0.2) is 9.59 Å². The molecule has 1 saturated heterocycles. The number of hydrogen-bond acceptors (Lipinski definition) is 9. The number of fused-ring (bicyclic) bond motifs is 1. The van der Waals surface area contributed by atoms with Crippen LogP contribution in [0.15, 0.2) is 35.5 Å². The summed E-state index contributed by atoms with van der Waals surface area (Å²) in [5, 5.41) is 9.70. The Morgan fingerprint density at radius 3 is 2.52 bits per heavy atom. The van der Waals surface area contributed by atoms with E-state index in [0.717, 1.165) is 6.92 Å². The first-order chi connectivity index (χ1) is 14.6. The molecule has 2 rings (SSSR count). The van der Waals surface area contributed by atoms with Gasteiger partial charge in [0.25, 0.3) is 0 Å². The quantitative estimate of drug-likeness (QED) is 0.294. The second-order valence-corrected chi connectivity index (χ2v) is 7.68. The number of hydrogen-bond donors (Lipinski definition) is 1. The van der Waals surface area contributed by atoms with Gasteiger partial charge in [0.05, 0.1) is 31.1 Å². The van der Waals surface area contributed by atoms with Crippen LogP contribution in [0.5, 0.6) is 0 Å². The molecule has 9 nitrogen and oxygen atoms in total. The Morgan fingerprint density at radius 2 is 1.97 bits per heavy atom. The zero-order valence-electron chi connectivity index (χ0n) is 18.1. The molecule has 4 unspecified atom stereocenters. The fourth-order valence-electron chi connectivity index (χ4n) is 3.50. The lowest BCUT2D eigenvalue weighted by molar-refractivity contribution is -0.172. The van der Waals surface area contributed by atoms with Crippen molar-refractivity contribution in [2.45, 2.75) is 51.9 Å². The van der Waals surface area contributed by atoms with Crippen molar-refractivity contribution in [3.05, 3.63) is 35.5 Å². The number of rotatable bonds is 5. The molecule has 0 aromatic carbocycles. The maximum atomic E-state index is 12.6. The van der Waals surface area contributed by atoms with Crippen molar-refractivity contribution in [2.24, 2.45) is 11.8 Å². The zero-order chi connectivity index (χ0) is 23.3. The van der Waals surface area contributed by atoms with Crippen LogP contribution >= 0.6 is 0 Å². The summed E-state index contributed by atoms with van der Waals surface area (Å²) in [4.78, 5) is 49.3. The average molecular weight is 436 g/mol. The van der Waals surface area contributed by atoms with Gasteiger partial charge in [-0.2, -0.15) is 0 Å². The van der Waals surface area contributed by atoms with Crippen molar-refractivity contribution >= 4 is 23.9 Å². The number of allylic oxidation sites excluding steroid dienone is 1. The van der Waals surface area contributed by atoms with Gasteiger partial charge >= 0.3 is 23.9 Å². The predicted molar refractivity (Wildman–Crippen MR) is 107 cm³/mol. The third-order valence-corrected chi connectivity index (χ3v) is 5.09. The minimum absolute atomic E-state index is 0.00189. The number of esters is 4. The van der Waals surface area contributed by atoms with Gasteiger partial charge in [0.15, 0.2) is 12.2 Å². The first-order valence-electron chi connectivity index (χ1n) is 9.96. The van der Waals surface area contributed by atoms with Gasteiger partial charge in [0.1, 0.15) is 6.10 Å². The molecular weight excluding hydrogens is 408 g/mol. The standard InChI is InChI=1S/C22H28O9/c1-11(2)20(25)31-19-17-12(3)21(26)30-16(17)9-14(10-23)7-6-8-15(22(27)28-5)18(19)29-13(4)24/h8-9,11,16-19,23H,3,6-7,10H2,1-2,4-5H3. The Morgan fingerprint density at radius 1 is 1.29 bits per heavy atom. The maximum absolute atomic E-state index is 12.6. The monoisotopic (exact) mass is 436 g/mol. The van der Waals surface area contributed by atoms with E-state index in [0.29, 0.717) is 18.4 Å². The van der Waals surface area contributed by atoms with Crippen LogP contribution in [-0.2, 0) is 38.1 Å². The summed E-state index contributed by atoms with van der Waals surface area (Å²) in [5.41, 5.74) is 0.532. The molecular formula is C22H28O9. The fourth-order valence-corrected chi connectivity index (χ4v) is 3.50. The summed E-state index contributed by atoms with van der Waals surface area (Å²) in [6.07, 6.45) is 0.178. The molecule has 9 heteroatoms. The lowest BCUT2D eigenvalue weighted by Crippen LogP contribution is -2.46. The number of aliphatic hydroxyl groups excluding tert-OH is 1. The SMILES string of the molecule is C=C1C(=O)OC2C=C(CO)CCC=C(C(=O)OC)C(OC(C)=O)C(OC(=O)C(C)C)C12. The lowest BCUT2D eigenvalue weighted by Gasteiger charge is -2.33. The molecule has 0 bridgehead atoms. The van der Waals surface area contributed by atoms with Gasteiger partial charge < -0.3 is 24.1 Å². The molecule has 4 atom stereocenters. The first kappa shape index (κ1) is 24.3. The van der Waals surface area contributed by atoms with E-state index < -0.39 is 54.0 Å². The highest BCUT2D eigenvalue weighted by molar-refractivity contribution is 5.92. The largest absolute Gasteiger partial charge is 0.466 e. The van der Waals surface area contributed by atoms with Gasteiger partial charge in [-0.15, -0.1) is 0 Å². The second-order valence-electron chi connectivity index (χ2n) is 7.68. The van der Waals surface area contributed by atoms with Crippen LogP contribution in [0.25, 0.3) is 0 Å². The van der Waals surface area contributed by atoms with Crippen molar-refractivity contribution in [2.75, 3.05) is 13.7 Å². The smallest absolute Gasteiger partial charge is 0.337 e. The molecule has 170 valence electrons. The molecule has 0 radical (unpaired) electrons. The van der Waals surface area contributed by atoms with Crippen LogP contribution in [0.3, 0.4) is 0 Å². The highest BCUT2D eigenvalue weighted by atomic mass is 16.6. The van der Waals surface area contributed by atoms with Gasteiger partial charge in [-0.05, 0) is 24.5 Å². The summed E-state index contributed by atoms with van der Waals surface area (Å²) >= 11 is 0. The van der Waals surface area contributed by atoms with E-state index in [1.807, 2.05) is 0 Å². The minimum atomic E-state index is -1.35. The summed E-state index contributed by atoms with van der Waals surface area (Å²) in [5.74, 6) is -4.32. The van der Waals surface area contributed by atoms with Crippen LogP contribution in [0.1, 0.15) is 33.6 Å². The van der Waals surface area contributed by atoms with Crippen molar-refractivity contribution in [3.8, 4) is 0 Å². The van der Waals surface area contributed by atoms with Crippen LogP contribution in [0.2, 0.25) is 0 Å². The topological polar surface area (TPSA) is 125 Å². The molecule has 1 N–H and O–H groups in total. The van der Waals surface area contributed by atoms with Crippen LogP contribution in [0.4, 0.5) is 0 Å². The minimum Gasteiger partial charge on any atom is -0.466 e. The highest BCUT2D eigenvalue weighted by Gasteiger charge is 2.50. The fraction of sp³-hybridized carbons (Fsp3) is 0.545. The average Bonchev–Trinajstić information content (AvgIpc) is 2.99. The molecule has 2 aliphatic rings. The lowest BCUT2D eigenvalue weighted by atomic mass is 9.83. The van der Waals surface area contributed by atoms with E-state index in [1.54, 1.807) is 19.9 Å². The number of ether oxygens (including phenoxy) is 4. The number of carbonyl (C=O) groups excluding carboxylic acids is 4. The normalized spacial score (nSPS) is 26.3. The number of aliphatic hydroxyl groups is 1. The van der Waals surface area contributed by atoms with E-state index in [4.69, 9.17) is 18.9 Å². The molecule has 1 aliphatic carbocycles. The molecule has 0 spiro atoms. The molecule has 1 aliphatic heterocycles. The molecule has 0 saturated carbocycles. The summed E-state index contributed by atoms with van der Waals surface area (Å²) in [7, 11) is 1.17. The van der Waals surface area contributed by atoms with Gasteiger partial charge in [-0.3, -0.25) is 9.59 Å². The maximum Gasteiger partial charge on any atom is 0.337 e. The van der Waals surface area contributed by atoms with Crippen molar-refractivity contribution in [1.29, 1.82) is 0 Å². The summed E-state index contributed by atoms with van der Waals surface area (Å²) in [6.45, 7) is 7.87. The van der Waals surface area contributed by atoms with E-state index >= 15 is 0 Å². The predicted octanol–water partition coefficient (Wildman–Crippen LogP) is 1.40. The highest BCUT2D eigenvalue weighted by Crippen LogP contribution is 2.38. The van der Waals surface area contributed by atoms with E-state index in [-0.39, 0.29) is 17.8 Å². The van der Waals surface area contributed by atoms with Crippen molar-refractivity contribution in [1.82, 2.24) is 0 Å². The number of carbonyl (C=O) groups is 4. The second kappa shape index (κ2) is 10.4. The van der Waals surface area contributed by atoms with E-state index in [1.165, 1.54) is 13.2 Å². The Balaban J connectivity index is 2.70. The Labute approximate surface area is 180 Å². The Hall–Kier alpha value is -2.94. The van der Waals surface area contributed by atoms with Gasteiger partial charge in [0, 0.05) is 12.5 Å². The third-order valence-electron chi connectivity index (χ3n) is 5.09. The van der Waals surface area contributed by atoms with E-state index in [2.05, 4.69) is 6.58 Å². The van der Waals surface area contributed by atoms with Crippen molar-refractivity contribution < 1.29 is 43.2 Å². The summed E-state index contributed by atoms with van der Waals surface area (Å²) in [6, 6.07) is 0. The van der Waals surface area contributed by atoms with Crippen LogP contribution in [-0.4, -0.2) is 61.0 Å².